The highest BCUT2D eigenvalue weighted by atomic mass is 79.9. The third kappa shape index (κ3) is 3.15. The molecule has 0 spiro atoms. The molecule has 2 rings (SSSR count). The van der Waals surface area contributed by atoms with E-state index in [9.17, 15) is 9.59 Å². The number of hydrogen-bond donors (Lipinski definition) is 0. The Morgan fingerprint density at radius 2 is 2.16 bits per heavy atom. The monoisotopic (exact) mass is 325 g/mol. The molecule has 5 heteroatoms. The summed E-state index contributed by atoms with van der Waals surface area (Å²) in [4.78, 5) is 25.1. The van der Waals surface area contributed by atoms with Gasteiger partial charge < -0.3 is 4.74 Å². The predicted octanol–water partition coefficient (Wildman–Crippen LogP) is 2.61. The molecule has 1 aromatic rings. The first-order chi connectivity index (χ1) is 9.13. The van der Waals surface area contributed by atoms with Crippen molar-refractivity contribution in [1.82, 2.24) is 4.90 Å². The molecule has 2 amide bonds. The molecule has 1 heterocycles. The molecule has 0 aromatic heterocycles. The Labute approximate surface area is 120 Å². The van der Waals surface area contributed by atoms with E-state index in [0.717, 1.165) is 5.56 Å². The Hall–Kier alpha value is -1.36. The van der Waals surface area contributed by atoms with Gasteiger partial charge in [-0.05, 0) is 12.0 Å². The lowest BCUT2D eigenvalue weighted by molar-refractivity contribution is -0.132. The topological polar surface area (TPSA) is 46.6 Å². The summed E-state index contributed by atoms with van der Waals surface area (Å²) in [5.74, 6) is -0.413. The number of amides is 2. The predicted molar refractivity (Wildman–Crippen MR) is 75.1 cm³/mol. The van der Waals surface area contributed by atoms with E-state index in [1.807, 2.05) is 30.3 Å². The number of imide groups is 1. The van der Waals surface area contributed by atoms with Crippen molar-refractivity contribution >= 4 is 27.9 Å². The minimum absolute atomic E-state index is 0.180. The van der Waals surface area contributed by atoms with Crippen LogP contribution in [0.5, 0.6) is 0 Å². The molecule has 0 saturated carbocycles. The van der Waals surface area contributed by atoms with Gasteiger partial charge in [0, 0.05) is 11.2 Å². The minimum atomic E-state index is -0.529. The molecule has 0 bridgehead atoms. The molecule has 19 heavy (non-hydrogen) atoms. The van der Waals surface area contributed by atoms with E-state index in [2.05, 4.69) is 15.9 Å². The van der Waals surface area contributed by atoms with Crippen LogP contribution in [0.15, 0.2) is 30.3 Å². The third-order valence-corrected chi connectivity index (χ3v) is 4.14. The first-order valence-corrected chi connectivity index (χ1v) is 7.35. The summed E-state index contributed by atoms with van der Waals surface area (Å²) in [5.41, 5.74) is 1.09. The molecule has 1 fully saturated rings. The number of cyclic esters (lactones) is 1. The molecule has 102 valence electrons. The smallest absolute Gasteiger partial charge is 0.416 e. The van der Waals surface area contributed by atoms with Crippen molar-refractivity contribution in [3.8, 4) is 0 Å². The van der Waals surface area contributed by atoms with E-state index >= 15 is 0 Å². The maximum atomic E-state index is 12.2. The average Bonchev–Trinajstić information content (AvgIpc) is 2.79. The molecule has 1 aromatic carbocycles. The second-order valence-electron chi connectivity index (χ2n) is 4.68. The Balaban J connectivity index is 2.11. The zero-order valence-electron chi connectivity index (χ0n) is 10.7. The lowest BCUT2D eigenvalue weighted by Crippen LogP contribution is -2.43. The average molecular weight is 326 g/mol. The van der Waals surface area contributed by atoms with Crippen molar-refractivity contribution in [2.24, 2.45) is 5.92 Å². The van der Waals surface area contributed by atoms with Gasteiger partial charge in [0.25, 0.3) is 0 Å². The minimum Gasteiger partial charge on any atom is -0.447 e. The molecule has 4 nitrogen and oxygen atoms in total. The highest BCUT2D eigenvalue weighted by Gasteiger charge is 2.39. The Bertz CT molecular complexity index is 463. The second-order valence-corrected chi connectivity index (χ2v) is 5.33. The van der Waals surface area contributed by atoms with Gasteiger partial charge in [-0.1, -0.05) is 53.2 Å². The quantitative estimate of drug-likeness (QED) is 0.799. The van der Waals surface area contributed by atoms with E-state index < -0.39 is 6.09 Å². The fourth-order valence-electron chi connectivity index (χ4n) is 2.07. The van der Waals surface area contributed by atoms with Gasteiger partial charge in [0.2, 0.25) is 5.91 Å². The van der Waals surface area contributed by atoms with Gasteiger partial charge in [-0.2, -0.15) is 0 Å². The molecule has 0 radical (unpaired) electrons. The second kappa shape index (κ2) is 6.19. The first kappa shape index (κ1) is 14.1. The molecular formula is C14H16BrNO3. The van der Waals surface area contributed by atoms with Crippen LogP contribution in [0.2, 0.25) is 0 Å². The van der Waals surface area contributed by atoms with Crippen LogP contribution < -0.4 is 0 Å². The zero-order chi connectivity index (χ0) is 13.8. The lowest BCUT2D eigenvalue weighted by atomic mass is 10.0. The molecule has 1 aliphatic heterocycles. The standard InChI is InChI=1S/C14H16BrNO3/c1-10(8-15)13(17)16-12(9-19-14(16)18)7-11-5-3-2-4-6-11/h2-6,10,12H,7-9H2,1H3. The SMILES string of the molecule is CC(CBr)C(=O)N1C(=O)OCC1Cc1ccccc1. The zero-order valence-corrected chi connectivity index (χ0v) is 12.3. The van der Waals surface area contributed by atoms with E-state index in [-0.39, 0.29) is 24.5 Å². The molecular weight excluding hydrogens is 310 g/mol. The number of carbonyl (C=O) groups is 2. The number of ether oxygens (including phenoxy) is 1. The van der Waals surface area contributed by atoms with Crippen molar-refractivity contribution in [3.05, 3.63) is 35.9 Å². The van der Waals surface area contributed by atoms with Gasteiger partial charge in [-0.3, -0.25) is 4.79 Å². The molecule has 0 N–H and O–H groups in total. The summed E-state index contributed by atoms with van der Waals surface area (Å²) in [5, 5.41) is 0.535. The number of rotatable bonds is 4. The Morgan fingerprint density at radius 1 is 1.47 bits per heavy atom. The summed E-state index contributed by atoms with van der Waals surface area (Å²) < 4.78 is 5.02. The highest BCUT2D eigenvalue weighted by molar-refractivity contribution is 9.09. The largest absolute Gasteiger partial charge is 0.447 e. The van der Waals surface area contributed by atoms with Crippen LogP contribution in [0.25, 0.3) is 0 Å². The maximum Gasteiger partial charge on any atom is 0.416 e. The van der Waals surface area contributed by atoms with Crippen molar-refractivity contribution < 1.29 is 14.3 Å². The number of carbonyl (C=O) groups excluding carboxylic acids is 2. The summed E-state index contributed by atoms with van der Waals surface area (Å²) in [7, 11) is 0. The fourth-order valence-corrected chi connectivity index (χ4v) is 2.35. The van der Waals surface area contributed by atoms with Gasteiger partial charge in [0.1, 0.15) is 6.61 Å². The van der Waals surface area contributed by atoms with E-state index in [4.69, 9.17) is 4.74 Å². The normalized spacial score (nSPS) is 20.2. The number of nitrogens with zero attached hydrogens (tertiary/aromatic N) is 1. The summed E-state index contributed by atoms with van der Waals surface area (Å²) in [6.45, 7) is 2.07. The fraction of sp³-hybridized carbons (Fsp3) is 0.429. The molecule has 0 aliphatic carbocycles. The van der Waals surface area contributed by atoms with Crippen molar-refractivity contribution in [1.29, 1.82) is 0 Å². The van der Waals surface area contributed by atoms with Gasteiger partial charge in [0.05, 0.1) is 6.04 Å². The van der Waals surface area contributed by atoms with Crippen LogP contribution >= 0.6 is 15.9 Å². The Morgan fingerprint density at radius 3 is 2.79 bits per heavy atom. The maximum absolute atomic E-state index is 12.2. The van der Waals surface area contributed by atoms with Gasteiger partial charge in [0.15, 0.2) is 0 Å². The number of benzene rings is 1. The van der Waals surface area contributed by atoms with Gasteiger partial charge in [-0.25, -0.2) is 9.69 Å². The summed E-state index contributed by atoms with van der Waals surface area (Å²) in [6, 6.07) is 9.60. The van der Waals surface area contributed by atoms with E-state index in [1.165, 1.54) is 4.90 Å². The van der Waals surface area contributed by atoms with Crippen LogP contribution in [0.1, 0.15) is 12.5 Å². The number of hydrogen-bond acceptors (Lipinski definition) is 3. The van der Waals surface area contributed by atoms with Crippen LogP contribution in [0, 0.1) is 5.92 Å². The third-order valence-electron chi connectivity index (χ3n) is 3.17. The Kier molecular flexibility index (Phi) is 4.58. The van der Waals surface area contributed by atoms with E-state index in [1.54, 1.807) is 6.92 Å². The summed E-state index contributed by atoms with van der Waals surface area (Å²) in [6.07, 6.45) is 0.103. The molecule has 2 atom stereocenters. The van der Waals surface area contributed by atoms with Crippen LogP contribution in [0.4, 0.5) is 4.79 Å². The molecule has 1 saturated heterocycles. The number of alkyl halides is 1. The van der Waals surface area contributed by atoms with Crippen LogP contribution in [-0.2, 0) is 16.0 Å². The van der Waals surface area contributed by atoms with Gasteiger partial charge >= 0.3 is 6.09 Å². The number of halogens is 1. The highest BCUT2D eigenvalue weighted by Crippen LogP contribution is 2.20. The van der Waals surface area contributed by atoms with Crippen molar-refractivity contribution in [3.63, 3.8) is 0 Å². The van der Waals surface area contributed by atoms with Crippen LogP contribution in [0.3, 0.4) is 0 Å². The molecule has 2 unspecified atom stereocenters. The van der Waals surface area contributed by atoms with E-state index in [0.29, 0.717) is 11.8 Å². The van der Waals surface area contributed by atoms with Crippen molar-refractivity contribution in [2.75, 3.05) is 11.9 Å². The van der Waals surface area contributed by atoms with Crippen LogP contribution in [-0.4, -0.2) is 34.9 Å². The summed E-state index contributed by atoms with van der Waals surface area (Å²) >= 11 is 3.27. The lowest BCUT2D eigenvalue weighted by Gasteiger charge is -2.22. The van der Waals surface area contributed by atoms with Crippen molar-refractivity contribution in [2.45, 2.75) is 19.4 Å². The molecule has 1 aliphatic rings. The van der Waals surface area contributed by atoms with Gasteiger partial charge in [-0.15, -0.1) is 0 Å². The first-order valence-electron chi connectivity index (χ1n) is 6.23.